The van der Waals surface area contributed by atoms with Crippen LogP contribution in [-0.4, -0.2) is 18.5 Å². The molecule has 92 valence electrons. The number of anilines is 1. The number of fused-ring (bicyclic) bond motifs is 1. The van der Waals surface area contributed by atoms with Crippen LogP contribution >= 0.6 is 11.6 Å². The Balaban J connectivity index is 2.22. The fraction of sp³-hybridized carbons (Fsp3) is 0.462. The van der Waals surface area contributed by atoms with Crippen molar-refractivity contribution in [2.75, 3.05) is 11.4 Å². The molecule has 2 N–H and O–H groups in total. The summed E-state index contributed by atoms with van der Waals surface area (Å²) in [5.41, 5.74) is 7.86. The van der Waals surface area contributed by atoms with E-state index in [9.17, 15) is 4.79 Å². The molecule has 1 aromatic rings. The predicted molar refractivity (Wildman–Crippen MR) is 70.4 cm³/mol. The fourth-order valence-corrected chi connectivity index (χ4v) is 2.52. The molecular formula is C13H17ClN2O. The average Bonchev–Trinajstić information content (AvgIpc) is 2.73. The van der Waals surface area contributed by atoms with Gasteiger partial charge < -0.3 is 10.6 Å². The Bertz CT molecular complexity index is 433. The van der Waals surface area contributed by atoms with Gasteiger partial charge in [-0.25, -0.2) is 0 Å². The number of carbonyl (C=O) groups excluding carboxylic acids is 1. The smallest absolute Gasteiger partial charge is 0.243 e. The van der Waals surface area contributed by atoms with Crippen LogP contribution in [0.15, 0.2) is 18.2 Å². The molecule has 1 unspecified atom stereocenters. The molecule has 17 heavy (non-hydrogen) atoms. The molecule has 1 aliphatic rings. The van der Waals surface area contributed by atoms with Crippen molar-refractivity contribution in [2.45, 2.75) is 32.2 Å². The fourth-order valence-electron chi connectivity index (χ4n) is 2.26. The summed E-state index contributed by atoms with van der Waals surface area (Å²) >= 11 is 6.11. The van der Waals surface area contributed by atoms with Gasteiger partial charge in [0.05, 0.1) is 6.04 Å². The van der Waals surface area contributed by atoms with Crippen molar-refractivity contribution >= 4 is 23.2 Å². The minimum Gasteiger partial charge on any atom is -0.320 e. The molecule has 1 atom stereocenters. The summed E-state index contributed by atoms with van der Waals surface area (Å²) in [5, 5.41) is 0.738. The first-order valence-corrected chi connectivity index (χ1v) is 6.37. The van der Waals surface area contributed by atoms with Gasteiger partial charge in [-0.2, -0.15) is 0 Å². The van der Waals surface area contributed by atoms with Crippen molar-refractivity contribution in [1.29, 1.82) is 0 Å². The van der Waals surface area contributed by atoms with E-state index in [-0.39, 0.29) is 5.91 Å². The molecule has 1 aromatic carbocycles. The standard InChI is InChI=1S/C13H17ClN2O/c1-2-4-11(15)13(17)16-8-7-9-10(14)5-3-6-12(9)16/h3,5-6,11H,2,4,7-8,15H2,1H3. The van der Waals surface area contributed by atoms with Gasteiger partial charge in [0.1, 0.15) is 0 Å². The molecule has 1 aliphatic heterocycles. The third kappa shape index (κ3) is 2.31. The largest absolute Gasteiger partial charge is 0.320 e. The number of carbonyl (C=O) groups is 1. The Morgan fingerprint density at radius 2 is 2.35 bits per heavy atom. The lowest BCUT2D eigenvalue weighted by molar-refractivity contribution is -0.119. The monoisotopic (exact) mass is 252 g/mol. The lowest BCUT2D eigenvalue weighted by Crippen LogP contribution is -2.43. The Kier molecular flexibility index (Phi) is 3.69. The molecule has 0 fully saturated rings. The third-order valence-corrected chi connectivity index (χ3v) is 3.51. The van der Waals surface area contributed by atoms with Crippen LogP contribution in [0, 0.1) is 0 Å². The Morgan fingerprint density at radius 1 is 1.59 bits per heavy atom. The zero-order valence-electron chi connectivity index (χ0n) is 9.95. The van der Waals surface area contributed by atoms with Crippen LogP contribution in [-0.2, 0) is 11.2 Å². The van der Waals surface area contributed by atoms with Gasteiger partial charge in [-0.05, 0) is 30.5 Å². The van der Waals surface area contributed by atoms with Crippen molar-refractivity contribution in [1.82, 2.24) is 0 Å². The second-order valence-corrected chi connectivity index (χ2v) is 4.78. The molecule has 0 bridgehead atoms. The second kappa shape index (κ2) is 5.07. The summed E-state index contributed by atoms with van der Waals surface area (Å²) in [6, 6.07) is 5.27. The lowest BCUT2D eigenvalue weighted by atomic mass is 10.1. The number of nitrogens with zero attached hydrogens (tertiary/aromatic N) is 1. The number of nitrogens with two attached hydrogens (primary N) is 1. The number of hydrogen-bond acceptors (Lipinski definition) is 2. The highest BCUT2D eigenvalue weighted by Crippen LogP contribution is 2.33. The molecule has 1 heterocycles. The minimum atomic E-state index is -0.398. The van der Waals surface area contributed by atoms with Gasteiger partial charge in [-0.15, -0.1) is 0 Å². The maximum absolute atomic E-state index is 12.2. The maximum Gasteiger partial charge on any atom is 0.243 e. The summed E-state index contributed by atoms with van der Waals surface area (Å²) < 4.78 is 0. The topological polar surface area (TPSA) is 46.3 Å². The van der Waals surface area contributed by atoms with Crippen molar-refractivity contribution in [3.63, 3.8) is 0 Å². The molecule has 0 aliphatic carbocycles. The average molecular weight is 253 g/mol. The second-order valence-electron chi connectivity index (χ2n) is 4.37. The molecular weight excluding hydrogens is 236 g/mol. The van der Waals surface area contributed by atoms with Gasteiger partial charge in [0.2, 0.25) is 5.91 Å². The van der Waals surface area contributed by atoms with E-state index in [1.165, 1.54) is 0 Å². The van der Waals surface area contributed by atoms with Crippen LogP contribution in [0.5, 0.6) is 0 Å². The van der Waals surface area contributed by atoms with Crippen LogP contribution in [0.3, 0.4) is 0 Å². The number of benzene rings is 1. The van der Waals surface area contributed by atoms with Crippen molar-refractivity contribution in [2.24, 2.45) is 5.73 Å². The normalized spacial score (nSPS) is 15.8. The van der Waals surface area contributed by atoms with Crippen LogP contribution < -0.4 is 10.6 Å². The van der Waals surface area contributed by atoms with Crippen molar-refractivity contribution < 1.29 is 4.79 Å². The Labute approximate surface area is 107 Å². The van der Waals surface area contributed by atoms with E-state index < -0.39 is 6.04 Å². The van der Waals surface area contributed by atoms with E-state index in [1.54, 1.807) is 4.90 Å². The van der Waals surface area contributed by atoms with Crippen LogP contribution in [0.25, 0.3) is 0 Å². The summed E-state index contributed by atoms with van der Waals surface area (Å²) in [4.78, 5) is 13.9. The molecule has 1 amide bonds. The van der Waals surface area contributed by atoms with Crippen LogP contribution in [0.4, 0.5) is 5.69 Å². The summed E-state index contributed by atoms with van der Waals surface area (Å²) in [7, 11) is 0. The highest BCUT2D eigenvalue weighted by atomic mass is 35.5. The van der Waals surface area contributed by atoms with Gasteiger partial charge in [0.25, 0.3) is 0 Å². The molecule has 0 aromatic heterocycles. The van der Waals surface area contributed by atoms with Gasteiger partial charge in [-0.3, -0.25) is 4.79 Å². The zero-order valence-corrected chi connectivity index (χ0v) is 10.7. The Hall–Kier alpha value is -1.06. The molecule has 0 saturated carbocycles. The molecule has 2 rings (SSSR count). The highest BCUT2D eigenvalue weighted by Gasteiger charge is 2.28. The highest BCUT2D eigenvalue weighted by molar-refractivity contribution is 6.32. The SMILES string of the molecule is CCCC(N)C(=O)N1CCc2c(Cl)cccc21. The number of amides is 1. The minimum absolute atomic E-state index is 0.00728. The van der Waals surface area contributed by atoms with Gasteiger partial charge in [-0.1, -0.05) is 31.0 Å². The van der Waals surface area contributed by atoms with Gasteiger partial charge >= 0.3 is 0 Å². The van der Waals surface area contributed by atoms with E-state index in [0.29, 0.717) is 6.54 Å². The van der Waals surface area contributed by atoms with Crippen LogP contribution in [0.1, 0.15) is 25.3 Å². The first-order chi connectivity index (χ1) is 8.15. The number of halogens is 1. The summed E-state index contributed by atoms with van der Waals surface area (Å²) in [5.74, 6) is 0.00728. The summed E-state index contributed by atoms with van der Waals surface area (Å²) in [6.45, 7) is 2.72. The molecule has 0 saturated heterocycles. The lowest BCUT2D eigenvalue weighted by Gasteiger charge is -2.21. The zero-order chi connectivity index (χ0) is 12.4. The van der Waals surface area contributed by atoms with E-state index in [1.807, 2.05) is 25.1 Å². The summed E-state index contributed by atoms with van der Waals surface area (Å²) in [6.07, 6.45) is 2.47. The van der Waals surface area contributed by atoms with E-state index >= 15 is 0 Å². The van der Waals surface area contributed by atoms with E-state index in [0.717, 1.165) is 35.5 Å². The molecule has 0 spiro atoms. The van der Waals surface area contributed by atoms with Crippen LogP contribution in [0.2, 0.25) is 5.02 Å². The van der Waals surface area contributed by atoms with Crippen molar-refractivity contribution in [3.05, 3.63) is 28.8 Å². The first kappa shape index (κ1) is 12.4. The third-order valence-electron chi connectivity index (χ3n) is 3.15. The number of hydrogen-bond donors (Lipinski definition) is 1. The Morgan fingerprint density at radius 3 is 3.06 bits per heavy atom. The molecule has 3 nitrogen and oxygen atoms in total. The van der Waals surface area contributed by atoms with E-state index in [2.05, 4.69) is 0 Å². The van der Waals surface area contributed by atoms with Gasteiger partial charge in [0, 0.05) is 17.3 Å². The molecule has 4 heteroatoms. The van der Waals surface area contributed by atoms with Gasteiger partial charge in [0.15, 0.2) is 0 Å². The number of rotatable bonds is 3. The first-order valence-electron chi connectivity index (χ1n) is 5.99. The van der Waals surface area contributed by atoms with Crippen molar-refractivity contribution in [3.8, 4) is 0 Å². The maximum atomic E-state index is 12.2. The quantitative estimate of drug-likeness (QED) is 0.898. The molecule has 0 radical (unpaired) electrons. The predicted octanol–water partition coefficient (Wildman–Crippen LogP) is 2.36. The van der Waals surface area contributed by atoms with E-state index in [4.69, 9.17) is 17.3 Å².